The molecule has 1 saturated heterocycles. The summed E-state index contributed by atoms with van der Waals surface area (Å²) in [6.07, 6.45) is 2.05. The van der Waals surface area contributed by atoms with Gasteiger partial charge < -0.3 is 4.90 Å². The molecule has 0 unspecified atom stereocenters. The van der Waals surface area contributed by atoms with Gasteiger partial charge in [-0.05, 0) is 39.3 Å². The van der Waals surface area contributed by atoms with Crippen LogP contribution in [0.5, 0.6) is 0 Å². The molecule has 4 heteroatoms. The highest BCUT2D eigenvalue weighted by atomic mass is 32.2. The van der Waals surface area contributed by atoms with Crippen LogP contribution in [0.15, 0.2) is 29.2 Å². The predicted molar refractivity (Wildman–Crippen MR) is 85.7 cm³/mol. The molecule has 0 aliphatic carbocycles. The van der Waals surface area contributed by atoms with Crippen molar-refractivity contribution in [1.29, 1.82) is 0 Å². The molecule has 1 heterocycles. The number of nitrogens with zero attached hydrogens (tertiary/aromatic N) is 2. The van der Waals surface area contributed by atoms with E-state index in [0.717, 1.165) is 31.7 Å². The van der Waals surface area contributed by atoms with Crippen molar-refractivity contribution in [3.8, 4) is 0 Å². The Balaban J connectivity index is 2.13. The first-order valence-corrected chi connectivity index (χ1v) is 8.30. The number of likely N-dealkylation sites (N-methyl/N-ethyl adjacent to an activating group) is 1. The molecular formula is C16H24N2OS. The van der Waals surface area contributed by atoms with Gasteiger partial charge in [0.1, 0.15) is 0 Å². The van der Waals surface area contributed by atoms with Crippen molar-refractivity contribution in [3.05, 3.63) is 29.8 Å². The Morgan fingerprint density at radius 2 is 1.65 bits per heavy atom. The van der Waals surface area contributed by atoms with E-state index in [9.17, 15) is 4.79 Å². The highest BCUT2D eigenvalue weighted by molar-refractivity contribution is 7.98. The molecule has 0 bridgehead atoms. The summed E-state index contributed by atoms with van der Waals surface area (Å²) < 4.78 is 0. The number of carbonyl (C=O) groups is 1. The SMILES string of the molecule is CSc1ccc(C(=O)C(C)(C)N2CCN(C)CC2)cc1. The molecule has 0 aromatic heterocycles. The third-order valence-electron chi connectivity index (χ3n) is 4.20. The number of carbonyl (C=O) groups excluding carboxylic acids is 1. The lowest BCUT2D eigenvalue weighted by molar-refractivity contribution is 0.0463. The molecule has 0 N–H and O–H groups in total. The van der Waals surface area contributed by atoms with Crippen LogP contribution in [0.25, 0.3) is 0 Å². The van der Waals surface area contributed by atoms with Crippen LogP contribution in [0.2, 0.25) is 0 Å². The third kappa shape index (κ3) is 3.25. The van der Waals surface area contributed by atoms with Crippen molar-refractivity contribution in [2.45, 2.75) is 24.3 Å². The van der Waals surface area contributed by atoms with E-state index in [4.69, 9.17) is 0 Å². The fourth-order valence-corrected chi connectivity index (χ4v) is 3.01. The predicted octanol–water partition coefficient (Wildman–Crippen LogP) is 2.62. The van der Waals surface area contributed by atoms with Crippen molar-refractivity contribution < 1.29 is 4.79 Å². The van der Waals surface area contributed by atoms with E-state index in [0.29, 0.717) is 0 Å². The zero-order valence-corrected chi connectivity index (χ0v) is 13.7. The van der Waals surface area contributed by atoms with E-state index in [-0.39, 0.29) is 5.78 Å². The Hall–Kier alpha value is -0.840. The molecule has 20 heavy (non-hydrogen) atoms. The van der Waals surface area contributed by atoms with Gasteiger partial charge in [0.25, 0.3) is 0 Å². The van der Waals surface area contributed by atoms with Gasteiger partial charge in [0.2, 0.25) is 0 Å². The fraction of sp³-hybridized carbons (Fsp3) is 0.562. The normalized spacial score (nSPS) is 18.2. The summed E-state index contributed by atoms with van der Waals surface area (Å²) in [7, 11) is 2.13. The Kier molecular flexibility index (Phi) is 4.89. The van der Waals surface area contributed by atoms with E-state index in [1.807, 2.05) is 44.4 Å². The van der Waals surface area contributed by atoms with Crippen LogP contribution in [-0.4, -0.2) is 60.6 Å². The van der Waals surface area contributed by atoms with Gasteiger partial charge in [0, 0.05) is 36.6 Å². The first kappa shape index (κ1) is 15.5. The topological polar surface area (TPSA) is 23.6 Å². The van der Waals surface area contributed by atoms with Crippen molar-refractivity contribution in [3.63, 3.8) is 0 Å². The summed E-state index contributed by atoms with van der Waals surface area (Å²) in [4.78, 5) is 18.6. The second kappa shape index (κ2) is 6.29. The maximum atomic E-state index is 12.8. The minimum absolute atomic E-state index is 0.217. The van der Waals surface area contributed by atoms with Crippen LogP contribution in [-0.2, 0) is 0 Å². The van der Waals surface area contributed by atoms with Gasteiger partial charge >= 0.3 is 0 Å². The lowest BCUT2D eigenvalue weighted by Gasteiger charge is -2.42. The van der Waals surface area contributed by atoms with Gasteiger partial charge in [-0.15, -0.1) is 11.8 Å². The molecule has 2 rings (SSSR count). The fourth-order valence-electron chi connectivity index (χ4n) is 2.60. The summed E-state index contributed by atoms with van der Waals surface area (Å²) in [5.41, 5.74) is 0.383. The summed E-state index contributed by atoms with van der Waals surface area (Å²) >= 11 is 1.70. The summed E-state index contributed by atoms with van der Waals surface area (Å²) in [5, 5.41) is 0. The molecule has 0 spiro atoms. The minimum atomic E-state index is -0.428. The number of ketones is 1. The smallest absolute Gasteiger partial charge is 0.182 e. The van der Waals surface area contributed by atoms with Crippen molar-refractivity contribution in [2.24, 2.45) is 0 Å². The maximum Gasteiger partial charge on any atom is 0.182 e. The number of piperazine rings is 1. The monoisotopic (exact) mass is 292 g/mol. The van der Waals surface area contributed by atoms with Crippen LogP contribution in [0.3, 0.4) is 0 Å². The average Bonchev–Trinajstić information content (AvgIpc) is 2.47. The summed E-state index contributed by atoms with van der Waals surface area (Å²) in [5.74, 6) is 0.217. The van der Waals surface area contributed by atoms with Crippen molar-refractivity contribution >= 4 is 17.5 Å². The molecule has 1 aromatic rings. The molecule has 1 aliphatic rings. The number of Topliss-reactive ketones (excluding diaryl/α,β-unsaturated/α-hetero) is 1. The molecule has 1 aliphatic heterocycles. The highest BCUT2D eigenvalue weighted by Gasteiger charge is 2.36. The van der Waals surface area contributed by atoms with Gasteiger partial charge in [-0.3, -0.25) is 9.69 Å². The molecular weight excluding hydrogens is 268 g/mol. The quantitative estimate of drug-likeness (QED) is 0.629. The van der Waals surface area contributed by atoms with Crippen LogP contribution >= 0.6 is 11.8 Å². The molecule has 110 valence electrons. The first-order chi connectivity index (χ1) is 9.45. The van der Waals surface area contributed by atoms with Gasteiger partial charge in [0.15, 0.2) is 5.78 Å². The standard InChI is InChI=1S/C16H24N2OS/c1-16(2,18-11-9-17(3)10-12-18)15(19)13-5-7-14(20-4)8-6-13/h5-8H,9-12H2,1-4H3. The zero-order valence-electron chi connectivity index (χ0n) is 12.8. The molecule has 0 amide bonds. The first-order valence-electron chi connectivity index (χ1n) is 7.07. The average molecular weight is 292 g/mol. The van der Waals surface area contributed by atoms with Crippen LogP contribution in [0, 0.1) is 0 Å². The van der Waals surface area contributed by atoms with E-state index >= 15 is 0 Å². The zero-order chi connectivity index (χ0) is 14.8. The Bertz CT molecular complexity index is 462. The Morgan fingerprint density at radius 3 is 2.15 bits per heavy atom. The van der Waals surface area contributed by atoms with E-state index in [1.54, 1.807) is 11.8 Å². The number of thioether (sulfide) groups is 1. The largest absolute Gasteiger partial charge is 0.304 e. The highest BCUT2D eigenvalue weighted by Crippen LogP contribution is 2.23. The number of benzene rings is 1. The molecule has 3 nitrogen and oxygen atoms in total. The summed E-state index contributed by atoms with van der Waals surface area (Å²) in [6.45, 7) is 8.06. The lowest BCUT2D eigenvalue weighted by Crippen LogP contribution is -2.57. The Labute approximate surface area is 126 Å². The van der Waals surface area contributed by atoms with Crippen LogP contribution in [0.1, 0.15) is 24.2 Å². The molecule has 1 aromatic carbocycles. The van der Waals surface area contributed by atoms with Crippen molar-refractivity contribution in [1.82, 2.24) is 9.80 Å². The second-order valence-electron chi connectivity index (χ2n) is 5.91. The van der Waals surface area contributed by atoms with E-state index in [1.165, 1.54) is 4.90 Å². The third-order valence-corrected chi connectivity index (χ3v) is 4.95. The van der Waals surface area contributed by atoms with Crippen LogP contribution in [0.4, 0.5) is 0 Å². The molecule has 0 saturated carbocycles. The van der Waals surface area contributed by atoms with Crippen molar-refractivity contribution in [2.75, 3.05) is 39.5 Å². The number of hydrogen-bond donors (Lipinski definition) is 0. The van der Waals surface area contributed by atoms with E-state index in [2.05, 4.69) is 16.8 Å². The van der Waals surface area contributed by atoms with Gasteiger partial charge in [0.05, 0.1) is 5.54 Å². The lowest BCUT2D eigenvalue weighted by atomic mass is 9.90. The maximum absolute atomic E-state index is 12.8. The van der Waals surface area contributed by atoms with Gasteiger partial charge in [-0.2, -0.15) is 0 Å². The Morgan fingerprint density at radius 1 is 1.10 bits per heavy atom. The second-order valence-corrected chi connectivity index (χ2v) is 6.79. The van der Waals surface area contributed by atoms with Gasteiger partial charge in [-0.1, -0.05) is 12.1 Å². The van der Waals surface area contributed by atoms with E-state index < -0.39 is 5.54 Å². The molecule has 0 radical (unpaired) electrons. The van der Waals surface area contributed by atoms with Gasteiger partial charge in [-0.25, -0.2) is 0 Å². The van der Waals surface area contributed by atoms with Crippen LogP contribution < -0.4 is 0 Å². The molecule has 1 fully saturated rings. The number of rotatable bonds is 4. The number of hydrogen-bond acceptors (Lipinski definition) is 4. The summed E-state index contributed by atoms with van der Waals surface area (Å²) in [6, 6.07) is 7.95. The molecule has 0 atom stereocenters. The minimum Gasteiger partial charge on any atom is -0.304 e.